The molecule has 26 heavy (non-hydrogen) atoms. The van der Waals surface area contributed by atoms with Crippen LogP contribution in [0, 0.1) is 0 Å². The Morgan fingerprint density at radius 3 is 2.69 bits per heavy atom. The molecule has 2 aromatic heterocycles. The van der Waals surface area contributed by atoms with Gasteiger partial charge in [-0.25, -0.2) is 9.37 Å². The summed E-state index contributed by atoms with van der Waals surface area (Å²) in [7, 11) is 0. The van der Waals surface area contributed by atoms with Crippen LogP contribution in [-0.4, -0.2) is 37.1 Å². The summed E-state index contributed by atoms with van der Waals surface area (Å²) in [5.41, 5.74) is 1.88. The maximum atomic E-state index is 13.9. The molecule has 0 spiro atoms. The van der Waals surface area contributed by atoms with Crippen molar-refractivity contribution in [3.63, 3.8) is 0 Å². The number of rotatable bonds is 4. The minimum absolute atomic E-state index is 0.0928. The SMILES string of the molecule is Oc1cc(-n2ccnc2)ccc1-c1ccc(O[C@@H]2CCCC[C@@H]2F)nn1. The van der Waals surface area contributed by atoms with Crippen molar-refractivity contribution in [2.24, 2.45) is 0 Å². The number of phenolic OH excluding ortho intramolecular Hbond substituents is 1. The molecule has 0 unspecified atom stereocenters. The lowest BCUT2D eigenvalue weighted by atomic mass is 9.96. The molecule has 1 saturated carbocycles. The van der Waals surface area contributed by atoms with Crippen molar-refractivity contribution in [1.82, 2.24) is 19.7 Å². The predicted molar refractivity (Wildman–Crippen MR) is 94.0 cm³/mol. The highest BCUT2D eigenvalue weighted by Gasteiger charge is 2.26. The van der Waals surface area contributed by atoms with E-state index >= 15 is 0 Å². The molecule has 0 aliphatic heterocycles. The Balaban J connectivity index is 1.51. The van der Waals surface area contributed by atoms with E-state index in [0.717, 1.165) is 18.5 Å². The van der Waals surface area contributed by atoms with Crippen LogP contribution in [0.4, 0.5) is 4.39 Å². The van der Waals surface area contributed by atoms with Crippen molar-refractivity contribution < 1.29 is 14.2 Å². The molecular formula is C19H19FN4O2. The van der Waals surface area contributed by atoms with E-state index in [2.05, 4.69) is 15.2 Å². The van der Waals surface area contributed by atoms with E-state index in [1.165, 1.54) is 0 Å². The van der Waals surface area contributed by atoms with Gasteiger partial charge >= 0.3 is 0 Å². The summed E-state index contributed by atoms with van der Waals surface area (Å²) < 4.78 is 21.3. The summed E-state index contributed by atoms with van der Waals surface area (Å²) in [5, 5.41) is 18.5. The van der Waals surface area contributed by atoms with Crippen LogP contribution in [0.5, 0.6) is 11.6 Å². The molecule has 134 valence electrons. The van der Waals surface area contributed by atoms with Gasteiger partial charge in [-0.3, -0.25) is 0 Å². The zero-order chi connectivity index (χ0) is 17.9. The molecule has 4 rings (SSSR count). The summed E-state index contributed by atoms with van der Waals surface area (Å²) in [4.78, 5) is 3.99. The summed E-state index contributed by atoms with van der Waals surface area (Å²) >= 11 is 0. The average molecular weight is 354 g/mol. The van der Waals surface area contributed by atoms with Gasteiger partial charge in [0, 0.05) is 30.1 Å². The van der Waals surface area contributed by atoms with Crippen LogP contribution in [0.1, 0.15) is 25.7 Å². The number of ether oxygens (including phenoxy) is 1. The van der Waals surface area contributed by atoms with Crippen LogP contribution in [0.2, 0.25) is 0 Å². The molecular weight excluding hydrogens is 335 g/mol. The summed E-state index contributed by atoms with van der Waals surface area (Å²) in [6.07, 6.45) is 6.82. The number of alkyl halides is 1. The van der Waals surface area contributed by atoms with Crippen LogP contribution in [0.15, 0.2) is 49.1 Å². The Kier molecular flexibility index (Phi) is 4.51. The van der Waals surface area contributed by atoms with Crippen molar-refractivity contribution in [1.29, 1.82) is 0 Å². The van der Waals surface area contributed by atoms with Gasteiger partial charge in [0.25, 0.3) is 0 Å². The molecule has 2 atom stereocenters. The lowest BCUT2D eigenvalue weighted by Gasteiger charge is -2.25. The predicted octanol–water partition coefficient (Wildman–Crippen LogP) is 3.69. The zero-order valence-corrected chi connectivity index (χ0v) is 14.1. The van der Waals surface area contributed by atoms with E-state index in [1.54, 1.807) is 47.6 Å². The average Bonchev–Trinajstić information content (AvgIpc) is 3.19. The molecule has 1 aliphatic rings. The molecule has 1 aliphatic carbocycles. The third kappa shape index (κ3) is 3.37. The van der Waals surface area contributed by atoms with Gasteiger partial charge in [0.15, 0.2) is 0 Å². The highest BCUT2D eigenvalue weighted by atomic mass is 19.1. The maximum absolute atomic E-state index is 13.9. The highest BCUT2D eigenvalue weighted by Crippen LogP contribution is 2.30. The number of benzene rings is 1. The van der Waals surface area contributed by atoms with Crippen LogP contribution in [-0.2, 0) is 0 Å². The lowest BCUT2D eigenvalue weighted by Crippen LogP contribution is -2.32. The fourth-order valence-electron chi connectivity index (χ4n) is 3.18. The Morgan fingerprint density at radius 1 is 1.12 bits per heavy atom. The molecule has 6 nitrogen and oxygen atoms in total. The summed E-state index contributed by atoms with van der Waals surface area (Å²) in [6, 6.07) is 8.64. The fraction of sp³-hybridized carbons (Fsp3) is 0.316. The maximum Gasteiger partial charge on any atom is 0.233 e. The van der Waals surface area contributed by atoms with Crippen molar-refractivity contribution >= 4 is 0 Å². The van der Waals surface area contributed by atoms with Crippen molar-refractivity contribution in [2.75, 3.05) is 0 Å². The van der Waals surface area contributed by atoms with Crippen molar-refractivity contribution in [3.8, 4) is 28.6 Å². The molecule has 0 radical (unpaired) electrons. The lowest BCUT2D eigenvalue weighted by molar-refractivity contribution is 0.0594. The largest absolute Gasteiger partial charge is 0.507 e. The second kappa shape index (κ2) is 7.11. The van der Waals surface area contributed by atoms with E-state index in [9.17, 15) is 9.50 Å². The Hall–Kier alpha value is -2.96. The second-order valence-electron chi connectivity index (χ2n) is 6.38. The molecule has 1 aromatic carbocycles. The summed E-state index contributed by atoms with van der Waals surface area (Å²) in [6.45, 7) is 0. The van der Waals surface area contributed by atoms with Gasteiger partial charge in [0.2, 0.25) is 5.88 Å². The first-order valence-electron chi connectivity index (χ1n) is 8.67. The van der Waals surface area contributed by atoms with Gasteiger partial charge in [-0.2, -0.15) is 0 Å². The zero-order valence-electron chi connectivity index (χ0n) is 14.1. The number of hydrogen-bond donors (Lipinski definition) is 1. The second-order valence-corrected chi connectivity index (χ2v) is 6.38. The van der Waals surface area contributed by atoms with Gasteiger partial charge in [-0.15, -0.1) is 10.2 Å². The van der Waals surface area contributed by atoms with E-state index < -0.39 is 12.3 Å². The van der Waals surface area contributed by atoms with Gasteiger partial charge in [-0.1, -0.05) is 6.42 Å². The fourth-order valence-corrected chi connectivity index (χ4v) is 3.18. The molecule has 7 heteroatoms. The first-order valence-corrected chi connectivity index (χ1v) is 8.67. The Bertz CT molecular complexity index is 868. The van der Waals surface area contributed by atoms with Gasteiger partial charge in [0.1, 0.15) is 18.0 Å². The number of halogens is 1. The monoisotopic (exact) mass is 354 g/mol. The normalized spacial score (nSPS) is 20.0. The van der Waals surface area contributed by atoms with E-state index in [-0.39, 0.29) is 5.75 Å². The minimum Gasteiger partial charge on any atom is -0.507 e. The molecule has 0 bridgehead atoms. The topological polar surface area (TPSA) is 73.1 Å². The molecule has 0 amide bonds. The standard InChI is InChI=1S/C19H19FN4O2/c20-15-3-1-2-4-18(15)26-19-8-7-16(22-23-19)14-6-5-13(11-17(14)25)24-10-9-21-12-24/h5-12,15,18,25H,1-4H2/t15-,18+/m0/s1. The van der Waals surface area contributed by atoms with E-state index in [0.29, 0.717) is 30.0 Å². The molecule has 0 saturated heterocycles. The van der Waals surface area contributed by atoms with Gasteiger partial charge < -0.3 is 14.4 Å². The third-order valence-electron chi connectivity index (χ3n) is 4.59. The smallest absolute Gasteiger partial charge is 0.233 e. The Labute approximate surface area is 150 Å². The number of phenols is 1. The van der Waals surface area contributed by atoms with Crippen molar-refractivity contribution in [2.45, 2.75) is 38.0 Å². The first-order chi connectivity index (χ1) is 12.7. The number of hydrogen-bond acceptors (Lipinski definition) is 5. The number of aromatic nitrogens is 4. The number of nitrogens with zero attached hydrogens (tertiary/aromatic N) is 4. The highest BCUT2D eigenvalue weighted by molar-refractivity contribution is 5.68. The van der Waals surface area contributed by atoms with Crippen LogP contribution in [0.3, 0.4) is 0 Å². The van der Waals surface area contributed by atoms with Crippen LogP contribution >= 0.6 is 0 Å². The Morgan fingerprint density at radius 2 is 2.00 bits per heavy atom. The van der Waals surface area contributed by atoms with Crippen molar-refractivity contribution in [3.05, 3.63) is 49.1 Å². The first kappa shape index (κ1) is 16.5. The molecule has 1 N–H and O–H groups in total. The van der Waals surface area contributed by atoms with Gasteiger partial charge in [0.05, 0.1) is 17.7 Å². The van der Waals surface area contributed by atoms with E-state index in [4.69, 9.17) is 4.74 Å². The summed E-state index contributed by atoms with van der Waals surface area (Å²) in [5.74, 6) is 0.396. The number of imidazole rings is 1. The van der Waals surface area contributed by atoms with E-state index in [1.807, 2.05) is 6.07 Å². The van der Waals surface area contributed by atoms with Gasteiger partial charge in [-0.05, 0) is 37.5 Å². The minimum atomic E-state index is -0.954. The van der Waals surface area contributed by atoms with Crippen LogP contribution < -0.4 is 4.74 Å². The molecule has 3 aromatic rings. The number of aromatic hydroxyl groups is 1. The third-order valence-corrected chi connectivity index (χ3v) is 4.59. The van der Waals surface area contributed by atoms with Crippen LogP contribution in [0.25, 0.3) is 16.9 Å². The molecule has 2 heterocycles. The quantitative estimate of drug-likeness (QED) is 0.773. The molecule has 1 fully saturated rings.